The molecule has 0 aromatic carbocycles. The Balaban J connectivity index is 2.00. The lowest BCUT2D eigenvalue weighted by atomic mass is 9.49. The molecule has 0 aliphatic heterocycles. The van der Waals surface area contributed by atoms with E-state index >= 15 is 0 Å². The van der Waals surface area contributed by atoms with Crippen LogP contribution in [0.2, 0.25) is 0 Å². The summed E-state index contributed by atoms with van der Waals surface area (Å²) < 4.78 is 0. The van der Waals surface area contributed by atoms with Gasteiger partial charge in [-0.3, -0.25) is 9.59 Å². The summed E-state index contributed by atoms with van der Waals surface area (Å²) in [6, 6.07) is 0. The minimum atomic E-state index is -0.663. The second kappa shape index (κ2) is 2.38. The van der Waals surface area contributed by atoms with Crippen LogP contribution in [0.15, 0.2) is 0 Å². The Morgan fingerprint density at radius 3 is 2.29 bits per heavy atom. The van der Waals surface area contributed by atoms with Crippen molar-refractivity contribution in [3.05, 3.63) is 0 Å². The molecule has 4 fully saturated rings. The smallest absolute Gasteiger partial charge is 0.309 e. The molecule has 0 aromatic rings. The molecule has 76 valence electrons. The molecule has 0 aromatic heterocycles. The van der Waals surface area contributed by atoms with Crippen molar-refractivity contribution in [2.24, 2.45) is 23.2 Å². The van der Waals surface area contributed by atoms with Crippen molar-refractivity contribution in [2.75, 3.05) is 0 Å². The van der Waals surface area contributed by atoms with Crippen LogP contribution < -0.4 is 0 Å². The number of aliphatic carboxylic acids is 1. The van der Waals surface area contributed by atoms with Crippen molar-refractivity contribution in [1.29, 1.82) is 0 Å². The van der Waals surface area contributed by atoms with Crippen LogP contribution in [0, 0.1) is 23.2 Å². The van der Waals surface area contributed by atoms with Gasteiger partial charge in [-0.15, -0.1) is 0 Å². The van der Waals surface area contributed by atoms with E-state index in [1.165, 1.54) is 0 Å². The van der Waals surface area contributed by atoms with E-state index < -0.39 is 11.4 Å². The second-order valence-electron chi connectivity index (χ2n) is 5.33. The lowest BCUT2D eigenvalue weighted by molar-refractivity contribution is -0.169. The maximum absolute atomic E-state index is 11.7. The van der Waals surface area contributed by atoms with E-state index in [-0.39, 0.29) is 11.8 Å². The van der Waals surface area contributed by atoms with E-state index in [0.717, 1.165) is 19.3 Å². The average Bonchev–Trinajstić information content (AvgIpc) is 2.12. The lowest BCUT2D eigenvalue weighted by Crippen LogP contribution is -2.54. The molecule has 0 spiro atoms. The van der Waals surface area contributed by atoms with Crippen molar-refractivity contribution in [3.63, 3.8) is 0 Å². The molecule has 4 rings (SSSR count). The van der Waals surface area contributed by atoms with Crippen LogP contribution in [0.25, 0.3) is 0 Å². The summed E-state index contributed by atoms with van der Waals surface area (Å²) in [5.74, 6) is 0.373. The van der Waals surface area contributed by atoms with E-state index in [9.17, 15) is 14.7 Å². The van der Waals surface area contributed by atoms with Gasteiger partial charge in [0, 0.05) is 11.8 Å². The van der Waals surface area contributed by atoms with Crippen LogP contribution in [0.4, 0.5) is 0 Å². The minimum Gasteiger partial charge on any atom is -0.481 e. The zero-order valence-electron chi connectivity index (χ0n) is 8.03. The number of rotatable bonds is 1. The van der Waals surface area contributed by atoms with Gasteiger partial charge in [-0.05, 0) is 38.0 Å². The van der Waals surface area contributed by atoms with Crippen molar-refractivity contribution >= 4 is 11.8 Å². The third kappa shape index (κ3) is 0.877. The van der Waals surface area contributed by atoms with E-state index in [4.69, 9.17) is 0 Å². The zero-order chi connectivity index (χ0) is 9.92. The fourth-order valence-electron chi connectivity index (χ4n) is 4.01. The summed E-state index contributed by atoms with van der Waals surface area (Å²) in [5.41, 5.74) is -0.523. The highest BCUT2D eigenvalue weighted by atomic mass is 16.4. The Hall–Kier alpha value is -0.860. The minimum absolute atomic E-state index is 0.0809. The molecule has 0 amide bonds. The summed E-state index contributed by atoms with van der Waals surface area (Å²) in [6.07, 6.45) is 3.99. The molecule has 4 aliphatic carbocycles. The highest BCUT2D eigenvalue weighted by Gasteiger charge is 2.58. The number of hydrogen-bond acceptors (Lipinski definition) is 2. The van der Waals surface area contributed by atoms with Crippen molar-refractivity contribution < 1.29 is 14.7 Å². The molecule has 4 aliphatic rings. The monoisotopic (exact) mass is 194 g/mol. The SMILES string of the molecule is O=C1[C@@H]2C[C@@H]3C[C@H]1CC(C(=O)O)(C3)C2. The van der Waals surface area contributed by atoms with Crippen LogP contribution in [0.1, 0.15) is 32.1 Å². The van der Waals surface area contributed by atoms with Gasteiger partial charge in [0.25, 0.3) is 0 Å². The average molecular weight is 194 g/mol. The van der Waals surface area contributed by atoms with Gasteiger partial charge in [0.1, 0.15) is 5.78 Å². The van der Waals surface area contributed by atoms with Crippen LogP contribution in [0.5, 0.6) is 0 Å². The number of Topliss-reactive ketones (excluding diaryl/α,β-unsaturated/α-hetero) is 1. The quantitative estimate of drug-likeness (QED) is 0.687. The molecule has 4 atom stereocenters. The summed E-state index contributed by atoms with van der Waals surface area (Å²) in [6.45, 7) is 0. The van der Waals surface area contributed by atoms with Gasteiger partial charge >= 0.3 is 5.97 Å². The molecule has 4 saturated carbocycles. The number of carbonyl (C=O) groups is 2. The Kier molecular flexibility index (Phi) is 1.44. The van der Waals surface area contributed by atoms with Crippen molar-refractivity contribution in [2.45, 2.75) is 32.1 Å². The number of carbonyl (C=O) groups excluding carboxylic acids is 1. The van der Waals surface area contributed by atoms with Crippen molar-refractivity contribution in [1.82, 2.24) is 0 Å². The van der Waals surface area contributed by atoms with Gasteiger partial charge < -0.3 is 5.11 Å². The van der Waals surface area contributed by atoms with Gasteiger partial charge in [-0.1, -0.05) is 0 Å². The van der Waals surface area contributed by atoms with Gasteiger partial charge in [-0.2, -0.15) is 0 Å². The number of hydrogen-bond donors (Lipinski definition) is 1. The maximum Gasteiger partial charge on any atom is 0.309 e. The van der Waals surface area contributed by atoms with E-state index in [0.29, 0.717) is 24.5 Å². The Morgan fingerprint density at radius 1 is 1.21 bits per heavy atom. The molecule has 1 N–H and O–H groups in total. The fraction of sp³-hybridized carbons (Fsp3) is 0.818. The molecule has 0 heterocycles. The van der Waals surface area contributed by atoms with Crippen LogP contribution in [-0.4, -0.2) is 16.9 Å². The predicted octanol–water partition coefficient (Wildman–Crippen LogP) is 1.47. The molecule has 3 heteroatoms. The second-order valence-corrected chi connectivity index (χ2v) is 5.33. The largest absolute Gasteiger partial charge is 0.481 e. The van der Waals surface area contributed by atoms with Gasteiger partial charge in [0.05, 0.1) is 5.41 Å². The fourth-order valence-corrected chi connectivity index (χ4v) is 4.01. The summed E-state index contributed by atoms with van der Waals surface area (Å²) >= 11 is 0. The molecule has 0 saturated heterocycles. The molecule has 14 heavy (non-hydrogen) atoms. The third-order valence-corrected chi connectivity index (χ3v) is 4.45. The molecular formula is C11H14O3. The van der Waals surface area contributed by atoms with E-state index in [1.807, 2.05) is 0 Å². The molecule has 4 bridgehead atoms. The normalized spacial score (nSPS) is 49.7. The summed E-state index contributed by atoms with van der Waals surface area (Å²) in [4.78, 5) is 23.0. The zero-order valence-corrected chi connectivity index (χ0v) is 8.03. The standard InChI is InChI=1S/C11H14O3/c12-9-7-1-6-2-8(9)5-11(3-6,4-7)10(13)14/h6-8H,1-5H2,(H,13,14)/t6-,7-,8+,11?. The summed E-state index contributed by atoms with van der Waals surface area (Å²) in [7, 11) is 0. The van der Waals surface area contributed by atoms with Crippen LogP contribution >= 0.6 is 0 Å². The van der Waals surface area contributed by atoms with Gasteiger partial charge in [-0.25, -0.2) is 0 Å². The highest BCUT2D eigenvalue weighted by molar-refractivity contribution is 5.89. The first-order valence-electron chi connectivity index (χ1n) is 5.38. The third-order valence-electron chi connectivity index (χ3n) is 4.45. The number of carboxylic acids is 1. The molecular weight excluding hydrogens is 180 g/mol. The highest BCUT2D eigenvalue weighted by Crippen LogP contribution is 2.58. The van der Waals surface area contributed by atoms with E-state index in [2.05, 4.69) is 0 Å². The van der Waals surface area contributed by atoms with Gasteiger partial charge in [0.2, 0.25) is 0 Å². The van der Waals surface area contributed by atoms with Crippen LogP contribution in [0.3, 0.4) is 0 Å². The predicted molar refractivity (Wildman–Crippen MR) is 48.6 cm³/mol. The first-order chi connectivity index (χ1) is 6.61. The number of carboxylic acid groups (broad SMARTS) is 1. The van der Waals surface area contributed by atoms with Crippen LogP contribution in [-0.2, 0) is 9.59 Å². The number of ketones is 1. The van der Waals surface area contributed by atoms with E-state index in [1.54, 1.807) is 0 Å². The molecule has 3 nitrogen and oxygen atoms in total. The van der Waals surface area contributed by atoms with Crippen molar-refractivity contribution in [3.8, 4) is 0 Å². The maximum atomic E-state index is 11.7. The van der Waals surface area contributed by atoms with Gasteiger partial charge in [0.15, 0.2) is 0 Å². The Labute approximate surface area is 82.5 Å². The Morgan fingerprint density at radius 2 is 1.79 bits per heavy atom. The first kappa shape index (κ1) is 8.45. The summed E-state index contributed by atoms with van der Waals surface area (Å²) in [5, 5.41) is 9.25. The Bertz CT molecular complexity index is 302. The topological polar surface area (TPSA) is 54.4 Å². The lowest BCUT2D eigenvalue weighted by Gasteiger charge is -2.53. The molecule has 0 radical (unpaired) electrons. The molecule has 1 unspecified atom stereocenters. The first-order valence-corrected chi connectivity index (χ1v) is 5.38.